The van der Waals surface area contributed by atoms with Gasteiger partial charge in [-0.15, -0.1) is 0 Å². The summed E-state index contributed by atoms with van der Waals surface area (Å²) in [5, 5.41) is 3.15. The van der Waals surface area contributed by atoms with Crippen LogP contribution in [0.4, 0.5) is 5.69 Å². The van der Waals surface area contributed by atoms with E-state index in [1.807, 2.05) is 30.0 Å². The van der Waals surface area contributed by atoms with E-state index in [1.54, 1.807) is 35.2 Å². The first-order chi connectivity index (χ1) is 15.9. The first-order valence-electron chi connectivity index (χ1n) is 11.3. The van der Waals surface area contributed by atoms with E-state index in [-0.39, 0.29) is 36.3 Å². The Kier molecular flexibility index (Phi) is 6.99. The van der Waals surface area contributed by atoms with Crippen molar-refractivity contribution in [3.63, 3.8) is 0 Å². The molecule has 0 bridgehead atoms. The molecule has 9 heteroatoms. The van der Waals surface area contributed by atoms with Gasteiger partial charge in [-0.3, -0.25) is 9.59 Å². The predicted octanol–water partition coefficient (Wildman–Crippen LogP) is 2.18. The summed E-state index contributed by atoms with van der Waals surface area (Å²) >= 11 is 0. The highest BCUT2D eigenvalue weighted by atomic mass is 32.2. The molecule has 2 aromatic rings. The van der Waals surface area contributed by atoms with Crippen molar-refractivity contribution in [2.45, 2.75) is 24.7 Å². The van der Waals surface area contributed by atoms with Gasteiger partial charge in [0.1, 0.15) is 0 Å². The van der Waals surface area contributed by atoms with Crippen LogP contribution in [0.2, 0.25) is 0 Å². The number of aryl methyl sites for hydroxylation is 1. The number of sulfonamides is 1. The molecule has 0 spiro atoms. The van der Waals surface area contributed by atoms with Gasteiger partial charge in [0.2, 0.25) is 15.9 Å². The summed E-state index contributed by atoms with van der Waals surface area (Å²) in [5.41, 5.74) is 2.15. The van der Waals surface area contributed by atoms with E-state index in [9.17, 15) is 18.0 Å². The van der Waals surface area contributed by atoms with Crippen LogP contribution in [0.5, 0.6) is 0 Å². The number of anilines is 1. The van der Waals surface area contributed by atoms with Gasteiger partial charge in [0, 0.05) is 45.0 Å². The SMILES string of the molecule is Cc1cccc(NCC(=O)N2CCN(S(=O)(=O)c3ccccc3)CC2)c1C(=O)N1CCCC1. The van der Waals surface area contributed by atoms with Crippen LogP contribution in [0.1, 0.15) is 28.8 Å². The normalized spacial score (nSPS) is 17.2. The van der Waals surface area contributed by atoms with E-state index in [0.717, 1.165) is 31.5 Å². The van der Waals surface area contributed by atoms with Crippen LogP contribution >= 0.6 is 0 Å². The van der Waals surface area contributed by atoms with Crippen LogP contribution in [0.3, 0.4) is 0 Å². The molecule has 33 heavy (non-hydrogen) atoms. The molecular weight excluding hydrogens is 440 g/mol. The molecule has 2 amide bonds. The van der Waals surface area contributed by atoms with Crippen LogP contribution < -0.4 is 5.32 Å². The average molecular weight is 471 g/mol. The molecule has 2 saturated heterocycles. The number of nitrogens with zero attached hydrogens (tertiary/aromatic N) is 3. The molecule has 0 aromatic heterocycles. The summed E-state index contributed by atoms with van der Waals surface area (Å²) in [6.45, 7) is 4.67. The van der Waals surface area contributed by atoms with E-state index < -0.39 is 10.0 Å². The molecule has 2 fully saturated rings. The lowest BCUT2D eigenvalue weighted by atomic mass is 10.0. The fourth-order valence-electron chi connectivity index (χ4n) is 4.38. The third-order valence-corrected chi connectivity index (χ3v) is 8.20. The number of likely N-dealkylation sites (tertiary alicyclic amines) is 1. The summed E-state index contributed by atoms with van der Waals surface area (Å²) in [6.07, 6.45) is 2.04. The number of benzene rings is 2. The van der Waals surface area contributed by atoms with Gasteiger partial charge >= 0.3 is 0 Å². The Bertz CT molecular complexity index is 1110. The van der Waals surface area contributed by atoms with Crippen molar-refractivity contribution in [1.29, 1.82) is 0 Å². The number of carbonyl (C=O) groups is 2. The van der Waals surface area contributed by atoms with Gasteiger partial charge in [-0.1, -0.05) is 30.3 Å². The summed E-state index contributed by atoms with van der Waals surface area (Å²) in [6, 6.07) is 14.0. The van der Waals surface area contributed by atoms with Crippen LogP contribution in [-0.4, -0.2) is 80.2 Å². The number of nitrogens with one attached hydrogen (secondary N) is 1. The van der Waals surface area contributed by atoms with Crippen LogP contribution in [0.15, 0.2) is 53.4 Å². The lowest BCUT2D eigenvalue weighted by Crippen LogP contribution is -2.51. The summed E-state index contributed by atoms with van der Waals surface area (Å²) in [7, 11) is -3.56. The van der Waals surface area contributed by atoms with Crippen molar-refractivity contribution in [3.05, 3.63) is 59.7 Å². The summed E-state index contributed by atoms with van der Waals surface area (Å²) in [4.78, 5) is 29.6. The number of hydrogen-bond donors (Lipinski definition) is 1. The summed E-state index contributed by atoms with van der Waals surface area (Å²) in [5.74, 6) is -0.117. The Balaban J connectivity index is 1.36. The minimum absolute atomic E-state index is 0.000261. The van der Waals surface area contributed by atoms with Gasteiger partial charge in [0.15, 0.2) is 0 Å². The highest BCUT2D eigenvalue weighted by molar-refractivity contribution is 7.89. The zero-order valence-corrected chi connectivity index (χ0v) is 19.7. The first-order valence-corrected chi connectivity index (χ1v) is 12.8. The Hall–Kier alpha value is -2.91. The third-order valence-electron chi connectivity index (χ3n) is 6.28. The molecule has 0 atom stereocenters. The molecule has 2 aliphatic rings. The fraction of sp³-hybridized carbons (Fsp3) is 0.417. The molecule has 0 aliphatic carbocycles. The molecule has 8 nitrogen and oxygen atoms in total. The number of hydrogen-bond acceptors (Lipinski definition) is 5. The topological polar surface area (TPSA) is 90.0 Å². The minimum Gasteiger partial charge on any atom is -0.375 e. The maximum atomic E-state index is 13.0. The zero-order chi connectivity index (χ0) is 23.4. The van der Waals surface area contributed by atoms with Gasteiger partial charge in [-0.2, -0.15) is 4.31 Å². The largest absolute Gasteiger partial charge is 0.375 e. The second kappa shape index (κ2) is 9.93. The van der Waals surface area contributed by atoms with Crippen molar-refractivity contribution in [1.82, 2.24) is 14.1 Å². The zero-order valence-electron chi connectivity index (χ0n) is 18.9. The molecule has 1 N–H and O–H groups in total. The highest BCUT2D eigenvalue weighted by Crippen LogP contribution is 2.24. The number of piperazine rings is 1. The van der Waals surface area contributed by atoms with Gasteiger partial charge in [0.25, 0.3) is 5.91 Å². The van der Waals surface area contributed by atoms with E-state index in [4.69, 9.17) is 0 Å². The van der Waals surface area contributed by atoms with Crippen molar-refractivity contribution >= 4 is 27.5 Å². The quantitative estimate of drug-likeness (QED) is 0.699. The second-order valence-corrected chi connectivity index (χ2v) is 10.4. The molecular formula is C24H30N4O4S. The number of carbonyl (C=O) groups excluding carboxylic acids is 2. The molecule has 2 heterocycles. The Morgan fingerprint density at radius 1 is 0.848 bits per heavy atom. The highest BCUT2D eigenvalue weighted by Gasteiger charge is 2.30. The summed E-state index contributed by atoms with van der Waals surface area (Å²) < 4.78 is 27.0. The molecule has 0 unspecified atom stereocenters. The molecule has 176 valence electrons. The van der Waals surface area contributed by atoms with Gasteiger partial charge in [-0.25, -0.2) is 8.42 Å². The van der Waals surface area contributed by atoms with E-state index >= 15 is 0 Å². The van der Waals surface area contributed by atoms with Crippen molar-refractivity contribution in [2.24, 2.45) is 0 Å². The lowest BCUT2D eigenvalue weighted by Gasteiger charge is -2.34. The third kappa shape index (κ3) is 5.04. The van der Waals surface area contributed by atoms with Gasteiger partial charge in [0.05, 0.1) is 17.0 Å². The van der Waals surface area contributed by atoms with E-state index in [0.29, 0.717) is 24.3 Å². The van der Waals surface area contributed by atoms with Crippen molar-refractivity contribution < 1.29 is 18.0 Å². The maximum Gasteiger partial charge on any atom is 0.256 e. The van der Waals surface area contributed by atoms with Crippen molar-refractivity contribution in [2.75, 3.05) is 51.1 Å². The van der Waals surface area contributed by atoms with E-state index in [2.05, 4.69) is 5.32 Å². The van der Waals surface area contributed by atoms with Gasteiger partial charge in [-0.05, 0) is 43.5 Å². The Labute approximate surface area is 195 Å². The molecule has 4 rings (SSSR count). The number of rotatable bonds is 6. The predicted molar refractivity (Wildman–Crippen MR) is 127 cm³/mol. The Morgan fingerprint density at radius 3 is 2.18 bits per heavy atom. The monoisotopic (exact) mass is 470 g/mol. The first kappa shape index (κ1) is 23.3. The van der Waals surface area contributed by atoms with Crippen LogP contribution in [0.25, 0.3) is 0 Å². The number of amides is 2. The lowest BCUT2D eigenvalue weighted by molar-refractivity contribution is -0.130. The Morgan fingerprint density at radius 2 is 1.52 bits per heavy atom. The smallest absolute Gasteiger partial charge is 0.256 e. The minimum atomic E-state index is -3.56. The van der Waals surface area contributed by atoms with Crippen LogP contribution in [0, 0.1) is 6.92 Å². The molecule has 2 aliphatic heterocycles. The fourth-order valence-corrected chi connectivity index (χ4v) is 5.82. The van der Waals surface area contributed by atoms with E-state index in [1.165, 1.54) is 4.31 Å². The maximum absolute atomic E-state index is 13.0. The molecule has 2 aromatic carbocycles. The standard InChI is InChI=1S/C24H30N4O4S/c1-19-8-7-11-21(23(19)24(30)27-12-5-6-13-27)25-18-22(29)26-14-16-28(17-15-26)33(31,32)20-9-3-2-4-10-20/h2-4,7-11,25H,5-6,12-18H2,1H3. The van der Waals surface area contributed by atoms with Crippen molar-refractivity contribution in [3.8, 4) is 0 Å². The second-order valence-electron chi connectivity index (χ2n) is 8.45. The van der Waals surface area contributed by atoms with Gasteiger partial charge < -0.3 is 15.1 Å². The molecule has 0 radical (unpaired) electrons. The van der Waals surface area contributed by atoms with Crippen LogP contribution in [-0.2, 0) is 14.8 Å². The average Bonchev–Trinajstić information content (AvgIpc) is 3.38. The molecule has 0 saturated carbocycles.